The lowest BCUT2D eigenvalue weighted by Gasteiger charge is -2.33. The number of piperidine rings is 1. The molecule has 0 spiro atoms. The van der Waals surface area contributed by atoms with Crippen LogP contribution in [0.25, 0.3) is 0 Å². The Morgan fingerprint density at radius 3 is 3.00 bits per heavy atom. The maximum absolute atomic E-state index is 10.4. The van der Waals surface area contributed by atoms with E-state index in [4.69, 9.17) is 4.74 Å². The van der Waals surface area contributed by atoms with Gasteiger partial charge in [-0.05, 0) is 38.9 Å². The van der Waals surface area contributed by atoms with Gasteiger partial charge in [-0.2, -0.15) is 0 Å². The Labute approximate surface area is 106 Å². The first-order valence-corrected chi connectivity index (χ1v) is 6.87. The van der Waals surface area contributed by atoms with Crippen LogP contribution in [0.2, 0.25) is 0 Å². The van der Waals surface area contributed by atoms with Gasteiger partial charge in [0.15, 0.2) is 0 Å². The van der Waals surface area contributed by atoms with Gasteiger partial charge in [0.1, 0.15) is 0 Å². The zero-order valence-corrected chi connectivity index (χ0v) is 10.9. The second kappa shape index (κ2) is 6.12. The standard InChI is InChI=1S/C12H18N2O2S/c1-14-4-2-10(3-5-14)11(6-16-9-15)12-7-17-8-13-12/h7-11H,2-6H2,1H3. The predicted octanol–water partition coefficient (Wildman–Crippen LogP) is 1.74. The molecule has 0 N–H and O–H groups in total. The van der Waals surface area contributed by atoms with Gasteiger partial charge in [0.05, 0.1) is 17.8 Å². The van der Waals surface area contributed by atoms with E-state index in [1.54, 1.807) is 11.3 Å². The van der Waals surface area contributed by atoms with Crippen LogP contribution in [0.1, 0.15) is 24.5 Å². The lowest BCUT2D eigenvalue weighted by Crippen LogP contribution is -2.34. The Hall–Kier alpha value is -0.940. The fraction of sp³-hybridized carbons (Fsp3) is 0.667. The zero-order chi connectivity index (χ0) is 12.1. The average Bonchev–Trinajstić information content (AvgIpc) is 2.85. The van der Waals surface area contributed by atoms with E-state index in [0.717, 1.165) is 31.6 Å². The molecule has 0 bridgehead atoms. The van der Waals surface area contributed by atoms with Crippen molar-refractivity contribution in [3.05, 3.63) is 16.6 Å². The number of carbonyl (C=O) groups excluding carboxylic acids is 1. The molecule has 17 heavy (non-hydrogen) atoms. The third kappa shape index (κ3) is 3.26. The predicted molar refractivity (Wildman–Crippen MR) is 67.1 cm³/mol. The first-order valence-electron chi connectivity index (χ1n) is 5.93. The van der Waals surface area contributed by atoms with Gasteiger partial charge in [0.2, 0.25) is 0 Å². The summed E-state index contributed by atoms with van der Waals surface area (Å²) in [6.07, 6.45) is 2.31. The molecule has 0 radical (unpaired) electrons. The fourth-order valence-electron chi connectivity index (χ4n) is 2.44. The molecule has 1 aromatic heterocycles. The topological polar surface area (TPSA) is 42.4 Å². The summed E-state index contributed by atoms with van der Waals surface area (Å²) in [6.45, 7) is 3.23. The molecule has 5 heteroatoms. The largest absolute Gasteiger partial charge is 0.467 e. The molecule has 0 saturated carbocycles. The van der Waals surface area contributed by atoms with Crippen LogP contribution in [0, 0.1) is 5.92 Å². The molecular formula is C12H18N2O2S. The van der Waals surface area contributed by atoms with Crippen LogP contribution in [0.15, 0.2) is 10.9 Å². The molecule has 1 aromatic rings. The molecule has 1 aliphatic heterocycles. The fourth-order valence-corrected chi connectivity index (χ4v) is 3.06. The number of hydrogen-bond donors (Lipinski definition) is 0. The normalized spacial score (nSPS) is 20.1. The van der Waals surface area contributed by atoms with Crippen molar-refractivity contribution in [1.29, 1.82) is 0 Å². The highest BCUT2D eigenvalue weighted by Gasteiger charge is 2.28. The van der Waals surface area contributed by atoms with Gasteiger partial charge in [0, 0.05) is 11.3 Å². The van der Waals surface area contributed by atoms with Crippen molar-refractivity contribution in [1.82, 2.24) is 9.88 Å². The molecule has 1 fully saturated rings. The van der Waals surface area contributed by atoms with E-state index in [1.807, 2.05) is 5.51 Å². The summed E-state index contributed by atoms with van der Waals surface area (Å²) in [5.74, 6) is 0.841. The number of thiazole rings is 1. The molecule has 1 aliphatic rings. The Kier molecular flexibility index (Phi) is 4.50. The maximum atomic E-state index is 10.4. The average molecular weight is 254 g/mol. The Balaban J connectivity index is 2.02. The summed E-state index contributed by atoms with van der Waals surface area (Å²) in [5.41, 5.74) is 2.92. The molecule has 0 amide bonds. The highest BCUT2D eigenvalue weighted by Crippen LogP contribution is 2.32. The maximum Gasteiger partial charge on any atom is 0.293 e. The summed E-state index contributed by atoms with van der Waals surface area (Å²) in [7, 11) is 2.15. The van der Waals surface area contributed by atoms with Gasteiger partial charge < -0.3 is 9.64 Å². The minimum atomic E-state index is 0.264. The summed E-state index contributed by atoms with van der Waals surface area (Å²) < 4.78 is 4.97. The van der Waals surface area contributed by atoms with Crippen molar-refractivity contribution in [3.8, 4) is 0 Å². The lowest BCUT2D eigenvalue weighted by atomic mass is 9.83. The number of likely N-dealkylation sites (tertiary alicyclic amines) is 1. The van der Waals surface area contributed by atoms with Crippen LogP contribution in [0.4, 0.5) is 0 Å². The van der Waals surface area contributed by atoms with E-state index in [1.165, 1.54) is 0 Å². The Morgan fingerprint density at radius 2 is 2.41 bits per heavy atom. The quantitative estimate of drug-likeness (QED) is 0.751. The number of ether oxygens (including phenoxy) is 1. The van der Waals surface area contributed by atoms with Crippen molar-refractivity contribution in [2.75, 3.05) is 26.7 Å². The van der Waals surface area contributed by atoms with Crippen molar-refractivity contribution >= 4 is 17.8 Å². The smallest absolute Gasteiger partial charge is 0.293 e. The summed E-state index contributed by atoms with van der Waals surface area (Å²) in [4.78, 5) is 17.1. The van der Waals surface area contributed by atoms with E-state index in [-0.39, 0.29) is 5.92 Å². The molecule has 0 aromatic carbocycles. The highest BCUT2D eigenvalue weighted by atomic mass is 32.1. The van der Waals surface area contributed by atoms with Crippen molar-refractivity contribution < 1.29 is 9.53 Å². The lowest BCUT2D eigenvalue weighted by molar-refractivity contribution is -0.129. The molecular weight excluding hydrogens is 236 g/mol. The van der Waals surface area contributed by atoms with E-state index in [9.17, 15) is 4.79 Å². The van der Waals surface area contributed by atoms with Crippen LogP contribution in [0.3, 0.4) is 0 Å². The van der Waals surface area contributed by atoms with E-state index >= 15 is 0 Å². The summed E-state index contributed by atoms with van der Waals surface area (Å²) in [5, 5.41) is 2.07. The SMILES string of the molecule is CN1CCC(C(COC=O)c2cscn2)CC1. The zero-order valence-electron chi connectivity index (χ0n) is 10.0. The second-order valence-corrected chi connectivity index (χ2v) is 5.31. The molecule has 2 rings (SSSR count). The van der Waals surface area contributed by atoms with Crippen LogP contribution in [0.5, 0.6) is 0 Å². The minimum Gasteiger partial charge on any atom is -0.467 e. The number of hydrogen-bond acceptors (Lipinski definition) is 5. The van der Waals surface area contributed by atoms with Crippen molar-refractivity contribution in [3.63, 3.8) is 0 Å². The molecule has 0 aliphatic carbocycles. The van der Waals surface area contributed by atoms with Crippen LogP contribution in [-0.2, 0) is 9.53 Å². The molecule has 1 unspecified atom stereocenters. The van der Waals surface area contributed by atoms with E-state index in [2.05, 4.69) is 22.3 Å². The minimum absolute atomic E-state index is 0.264. The van der Waals surface area contributed by atoms with Gasteiger partial charge in [-0.15, -0.1) is 11.3 Å². The van der Waals surface area contributed by atoms with Gasteiger partial charge in [-0.1, -0.05) is 0 Å². The number of nitrogens with zero attached hydrogens (tertiary/aromatic N) is 2. The Morgan fingerprint density at radius 1 is 1.65 bits per heavy atom. The van der Waals surface area contributed by atoms with Crippen LogP contribution in [-0.4, -0.2) is 43.1 Å². The molecule has 94 valence electrons. The van der Waals surface area contributed by atoms with Crippen LogP contribution < -0.4 is 0 Å². The monoisotopic (exact) mass is 254 g/mol. The second-order valence-electron chi connectivity index (χ2n) is 4.59. The van der Waals surface area contributed by atoms with Gasteiger partial charge in [0.25, 0.3) is 6.47 Å². The van der Waals surface area contributed by atoms with Gasteiger partial charge >= 0.3 is 0 Å². The van der Waals surface area contributed by atoms with E-state index in [0.29, 0.717) is 19.0 Å². The number of rotatable bonds is 5. The molecule has 1 saturated heterocycles. The highest BCUT2D eigenvalue weighted by molar-refractivity contribution is 7.07. The van der Waals surface area contributed by atoms with Gasteiger partial charge in [-0.25, -0.2) is 4.98 Å². The molecule has 4 nitrogen and oxygen atoms in total. The molecule has 1 atom stereocenters. The third-order valence-corrected chi connectivity index (χ3v) is 4.11. The van der Waals surface area contributed by atoms with Crippen molar-refractivity contribution in [2.45, 2.75) is 18.8 Å². The third-order valence-electron chi connectivity index (χ3n) is 3.51. The first kappa shape index (κ1) is 12.5. The number of carbonyl (C=O) groups is 1. The summed E-state index contributed by atoms with van der Waals surface area (Å²) >= 11 is 1.60. The van der Waals surface area contributed by atoms with Crippen molar-refractivity contribution in [2.24, 2.45) is 5.92 Å². The first-order chi connectivity index (χ1) is 8.31. The molecule has 2 heterocycles. The van der Waals surface area contributed by atoms with Crippen LogP contribution >= 0.6 is 11.3 Å². The number of aromatic nitrogens is 1. The van der Waals surface area contributed by atoms with Gasteiger partial charge in [-0.3, -0.25) is 4.79 Å². The van der Waals surface area contributed by atoms with E-state index < -0.39 is 0 Å². The Bertz CT molecular complexity index is 334. The summed E-state index contributed by atoms with van der Waals surface area (Å²) in [6, 6.07) is 0.